The van der Waals surface area contributed by atoms with Gasteiger partial charge in [0.1, 0.15) is 5.82 Å². The van der Waals surface area contributed by atoms with Crippen molar-refractivity contribution >= 4 is 17.3 Å². The van der Waals surface area contributed by atoms with Crippen LogP contribution in [0.1, 0.15) is 13.8 Å². The average molecular weight is 267 g/mol. The van der Waals surface area contributed by atoms with E-state index < -0.39 is 4.92 Å². The summed E-state index contributed by atoms with van der Waals surface area (Å²) in [5.41, 5.74) is 2.38. The van der Waals surface area contributed by atoms with E-state index in [1.54, 1.807) is 0 Å². The van der Waals surface area contributed by atoms with Gasteiger partial charge in [0.15, 0.2) is 0 Å². The van der Waals surface area contributed by atoms with E-state index >= 15 is 0 Å². The molecule has 3 N–H and O–H groups in total. The molecule has 8 nitrogen and oxygen atoms in total. The molecule has 2 heterocycles. The SMILES string of the molecule is CC1CN(c2nc(NN)ccc2[N+](=O)[O-])CC(C)O1. The van der Waals surface area contributed by atoms with Crippen LogP contribution in [-0.4, -0.2) is 35.2 Å². The summed E-state index contributed by atoms with van der Waals surface area (Å²) < 4.78 is 5.62. The quantitative estimate of drug-likeness (QED) is 0.475. The fraction of sp³-hybridized carbons (Fsp3) is 0.545. The minimum Gasteiger partial charge on any atom is -0.372 e. The lowest BCUT2D eigenvalue weighted by molar-refractivity contribution is -0.384. The molecular weight excluding hydrogens is 250 g/mol. The summed E-state index contributed by atoms with van der Waals surface area (Å²) in [5.74, 6) is 6.02. The van der Waals surface area contributed by atoms with Gasteiger partial charge >= 0.3 is 5.69 Å². The second-order valence-corrected chi connectivity index (χ2v) is 4.60. The largest absolute Gasteiger partial charge is 0.372 e. The van der Waals surface area contributed by atoms with Crippen molar-refractivity contribution in [1.29, 1.82) is 0 Å². The maximum absolute atomic E-state index is 11.1. The van der Waals surface area contributed by atoms with Crippen molar-refractivity contribution in [3.63, 3.8) is 0 Å². The van der Waals surface area contributed by atoms with E-state index in [0.29, 0.717) is 24.7 Å². The minimum atomic E-state index is -0.437. The Hall–Kier alpha value is -1.93. The number of ether oxygens (including phenoxy) is 1. The maximum Gasteiger partial charge on any atom is 0.311 e. The molecule has 0 aliphatic carbocycles. The van der Waals surface area contributed by atoms with E-state index in [1.165, 1.54) is 12.1 Å². The Kier molecular flexibility index (Phi) is 3.82. The van der Waals surface area contributed by atoms with E-state index in [4.69, 9.17) is 10.6 Å². The number of hydrogen-bond donors (Lipinski definition) is 2. The molecule has 0 saturated carbocycles. The second kappa shape index (κ2) is 5.37. The van der Waals surface area contributed by atoms with E-state index in [2.05, 4.69) is 10.4 Å². The number of anilines is 2. The molecule has 1 aliphatic rings. The van der Waals surface area contributed by atoms with E-state index in [1.807, 2.05) is 18.7 Å². The monoisotopic (exact) mass is 267 g/mol. The highest BCUT2D eigenvalue weighted by atomic mass is 16.6. The molecule has 2 rings (SSSR count). The third-order valence-corrected chi connectivity index (χ3v) is 2.92. The number of hydrazine groups is 1. The van der Waals surface area contributed by atoms with Gasteiger partial charge in [0.2, 0.25) is 5.82 Å². The maximum atomic E-state index is 11.1. The number of nitrogens with zero attached hydrogens (tertiary/aromatic N) is 3. The molecule has 0 spiro atoms. The predicted molar refractivity (Wildman–Crippen MR) is 70.9 cm³/mol. The Morgan fingerprint density at radius 3 is 2.63 bits per heavy atom. The highest BCUT2D eigenvalue weighted by Gasteiger charge is 2.28. The lowest BCUT2D eigenvalue weighted by Gasteiger charge is -2.35. The fourth-order valence-corrected chi connectivity index (χ4v) is 2.25. The molecule has 104 valence electrons. The summed E-state index contributed by atoms with van der Waals surface area (Å²) in [6.45, 7) is 4.98. The minimum absolute atomic E-state index is 0.000328. The van der Waals surface area contributed by atoms with Crippen LogP contribution >= 0.6 is 0 Å². The lowest BCUT2D eigenvalue weighted by atomic mass is 10.2. The van der Waals surface area contributed by atoms with Crippen LogP contribution in [0.25, 0.3) is 0 Å². The van der Waals surface area contributed by atoms with Gasteiger partial charge in [-0.25, -0.2) is 10.8 Å². The van der Waals surface area contributed by atoms with Crippen LogP contribution in [0.15, 0.2) is 12.1 Å². The Balaban J connectivity index is 2.38. The Labute approximate surface area is 110 Å². The highest BCUT2D eigenvalue weighted by Crippen LogP contribution is 2.29. The van der Waals surface area contributed by atoms with Gasteiger partial charge in [-0.3, -0.25) is 10.1 Å². The van der Waals surface area contributed by atoms with Crippen LogP contribution in [0.4, 0.5) is 17.3 Å². The number of nitro groups is 1. The van der Waals surface area contributed by atoms with Gasteiger partial charge in [0.05, 0.1) is 17.1 Å². The number of aromatic nitrogens is 1. The molecular formula is C11H17N5O3. The first kappa shape index (κ1) is 13.5. The fourth-order valence-electron chi connectivity index (χ4n) is 2.25. The van der Waals surface area contributed by atoms with E-state index in [0.717, 1.165) is 0 Å². The topological polar surface area (TPSA) is 107 Å². The molecule has 1 aromatic rings. The average Bonchev–Trinajstić information content (AvgIpc) is 2.36. The van der Waals surface area contributed by atoms with Gasteiger partial charge in [0.25, 0.3) is 0 Å². The number of nitrogen functional groups attached to an aromatic ring is 1. The van der Waals surface area contributed by atoms with Gasteiger partial charge in [-0.05, 0) is 19.9 Å². The number of pyridine rings is 1. The van der Waals surface area contributed by atoms with Crippen molar-refractivity contribution in [2.24, 2.45) is 5.84 Å². The molecule has 1 aliphatic heterocycles. The number of nitrogens with two attached hydrogens (primary N) is 1. The molecule has 0 aromatic carbocycles. The molecule has 1 aromatic heterocycles. The molecule has 19 heavy (non-hydrogen) atoms. The van der Waals surface area contributed by atoms with Crippen LogP contribution in [0.3, 0.4) is 0 Å². The van der Waals surface area contributed by atoms with Gasteiger partial charge in [-0.2, -0.15) is 0 Å². The number of rotatable bonds is 3. The van der Waals surface area contributed by atoms with Crippen LogP contribution in [0.5, 0.6) is 0 Å². The summed E-state index contributed by atoms with van der Waals surface area (Å²) in [6.07, 6.45) is -0.000656. The molecule has 1 fully saturated rings. The van der Waals surface area contributed by atoms with Crippen molar-refractivity contribution in [3.05, 3.63) is 22.2 Å². The van der Waals surface area contributed by atoms with Crippen molar-refractivity contribution in [3.8, 4) is 0 Å². The second-order valence-electron chi connectivity index (χ2n) is 4.60. The van der Waals surface area contributed by atoms with Gasteiger partial charge in [-0.15, -0.1) is 0 Å². The number of hydrogen-bond acceptors (Lipinski definition) is 7. The summed E-state index contributed by atoms with van der Waals surface area (Å²) in [7, 11) is 0. The Bertz CT molecular complexity index is 471. The molecule has 0 bridgehead atoms. The first-order valence-electron chi connectivity index (χ1n) is 6.03. The Morgan fingerprint density at radius 2 is 2.11 bits per heavy atom. The van der Waals surface area contributed by atoms with Crippen LogP contribution in [-0.2, 0) is 4.74 Å². The van der Waals surface area contributed by atoms with E-state index in [9.17, 15) is 10.1 Å². The van der Waals surface area contributed by atoms with Crippen LogP contribution in [0, 0.1) is 10.1 Å². The number of morpholine rings is 1. The van der Waals surface area contributed by atoms with Crippen LogP contribution in [0.2, 0.25) is 0 Å². The van der Waals surface area contributed by atoms with Gasteiger partial charge < -0.3 is 15.1 Å². The molecule has 0 radical (unpaired) electrons. The summed E-state index contributed by atoms with van der Waals surface area (Å²) >= 11 is 0. The zero-order chi connectivity index (χ0) is 14.0. The molecule has 8 heteroatoms. The summed E-state index contributed by atoms with van der Waals surface area (Å²) in [5, 5.41) is 11.1. The Morgan fingerprint density at radius 1 is 1.47 bits per heavy atom. The smallest absolute Gasteiger partial charge is 0.311 e. The molecule has 2 unspecified atom stereocenters. The van der Waals surface area contributed by atoms with Crippen molar-refractivity contribution in [1.82, 2.24) is 4.98 Å². The van der Waals surface area contributed by atoms with Crippen molar-refractivity contribution in [2.45, 2.75) is 26.1 Å². The van der Waals surface area contributed by atoms with Crippen LogP contribution < -0.4 is 16.2 Å². The third kappa shape index (κ3) is 2.91. The van der Waals surface area contributed by atoms with Crippen molar-refractivity contribution < 1.29 is 9.66 Å². The first-order chi connectivity index (χ1) is 9.01. The molecule has 0 amide bonds. The zero-order valence-electron chi connectivity index (χ0n) is 10.9. The molecule has 2 atom stereocenters. The highest BCUT2D eigenvalue weighted by molar-refractivity contribution is 5.62. The normalized spacial score (nSPS) is 23.2. The van der Waals surface area contributed by atoms with Gasteiger partial charge in [0, 0.05) is 19.2 Å². The molecule has 1 saturated heterocycles. The zero-order valence-corrected chi connectivity index (χ0v) is 10.9. The third-order valence-electron chi connectivity index (χ3n) is 2.92. The van der Waals surface area contributed by atoms with Gasteiger partial charge in [-0.1, -0.05) is 0 Å². The lowest BCUT2D eigenvalue weighted by Crippen LogP contribution is -2.46. The first-order valence-corrected chi connectivity index (χ1v) is 6.03. The van der Waals surface area contributed by atoms with Crippen molar-refractivity contribution in [2.75, 3.05) is 23.4 Å². The predicted octanol–water partition coefficient (Wildman–Crippen LogP) is 0.889. The van der Waals surface area contributed by atoms with E-state index in [-0.39, 0.29) is 17.9 Å². The summed E-state index contributed by atoms with van der Waals surface area (Å²) in [6, 6.07) is 2.89. The standard InChI is InChI=1S/C11H17N5O3/c1-7-5-15(6-8(2)19-7)11-9(16(17)18)3-4-10(13-11)14-12/h3-4,7-8H,5-6,12H2,1-2H3,(H,13,14). The number of nitrogens with one attached hydrogen (secondary N) is 1. The summed E-state index contributed by atoms with van der Waals surface area (Å²) in [4.78, 5) is 16.7.